The average Bonchev–Trinajstić information content (AvgIpc) is 2.35. The highest BCUT2D eigenvalue weighted by Gasteiger charge is 2.05. The molecule has 1 aromatic carbocycles. The first kappa shape index (κ1) is 11.1. The molecule has 17 heavy (non-hydrogen) atoms. The van der Waals surface area contributed by atoms with Crippen molar-refractivity contribution in [3.63, 3.8) is 0 Å². The Balaban J connectivity index is 2.54. The number of nitriles is 1. The summed E-state index contributed by atoms with van der Waals surface area (Å²) in [4.78, 5) is 16.1. The molecule has 0 N–H and O–H groups in total. The maximum absolute atomic E-state index is 11.8. The molecule has 0 saturated carbocycles. The van der Waals surface area contributed by atoms with Crippen LogP contribution in [0.4, 0.5) is 0 Å². The van der Waals surface area contributed by atoms with E-state index in [1.807, 2.05) is 36.4 Å². The molecule has 1 heterocycles. The highest BCUT2D eigenvalue weighted by Crippen LogP contribution is 2.14. The van der Waals surface area contributed by atoms with E-state index in [0.717, 1.165) is 5.56 Å². The van der Waals surface area contributed by atoms with Gasteiger partial charge in [0.05, 0.1) is 11.8 Å². The average molecular weight is 225 g/mol. The molecule has 0 radical (unpaired) electrons. The Morgan fingerprint density at radius 3 is 2.65 bits per heavy atom. The Hall–Kier alpha value is -2.41. The third kappa shape index (κ3) is 2.23. The molecular weight excluding hydrogens is 214 g/mol. The Labute approximate surface area is 98.8 Å². The first-order chi connectivity index (χ1) is 8.22. The maximum Gasteiger partial charge on any atom is 0.255 e. The van der Waals surface area contributed by atoms with Crippen molar-refractivity contribution in [1.29, 1.82) is 5.26 Å². The topological polar surface area (TPSA) is 58.7 Å². The smallest absolute Gasteiger partial charge is 0.255 e. The number of hydrogen-bond donors (Lipinski definition) is 0. The fraction of sp³-hybridized carbons (Fsp3) is 0.154. The van der Waals surface area contributed by atoms with Crippen LogP contribution in [0.1, 0.15) is 5.82 Å². The normalized spacial score (nSPS) is 9.88. The van der Waals surface area contributed by atoms with Crippen molar-refractivity contribution in [3.8, 4) is 17.3 Å². The van der Waals surface area contributed by atoms with Gasteiger partial charge in [0.15, 0.2) is 0 Å². The summed E-state index contributed by atoms with van der Waals surface area (Å²) in [5, 5.41) is 8.62. The minimum absolute atomic E-state index is 0.0345. The lowest BCUT2D eigenvalue weighted by Crippen LogP contribution is -2.22. The number of aryl methyl sites for hydroxylation is 1. The van der Waals surface area contributed by atoms with Crippen LogP contribution in [-0.4, -0.2) is 9.55 Å². The zero-order valence-electron chi connectivity index (χ0n) is 9.42. The molecule has 0 aliphatic heterocycles. The highest BCUT2D eigenvalue weighted by molar-refractivity contribution is 5.58. The van der Waals surface area contributed by atoms with Crippen LogP contribution < -0.4 is 5.56 Å². The van der Waals surface area contributed by atoms with E-state index < -0.39 is 0 Å². The monoisotopic (exact) mass is 225 g/mol. The van der Waals surface area contributed by atoms with Crippen molar-refractivity contribution in [3.05, 3.63) is 52.6 Å². The predicted octanol–water partition coefficient (Wildman–Crippen LogP) is 1.74. The summed E-state index contributed by atoms with van der Waals surface area (Å²) in [5.41, 5.74) is 1.34. The van der Waals surface area contributed by atoms with Crippen LogP contribution in [0.2, 0.25) is 0 Å². The molecule has 0 unspecified atom stereocenters. The summed E-state index contributed by atoms with van der Waals surface area (Å²) in [7, 11) is 0. The van der Waals surface area contributed by atoms with E-state index in [2.05, 4.69) is 4.98 Å². The van der Waals surface area contributed by atoms with Gasteiger partial charge in [0, 0.05) is 11.6 Å². The second-order valence-corrected chi connectivity index (χ2v) is 3.64. The molecule has 0 amide bonds. The van der Waals surface area contributed by atoms with Crippen LogP contribution in [0.15, 0.2) is 41.2 Å². The molecule has 0 aliphatic carbocycles. The van der Waals surface area contributed by atoms with E-state index in [9.17, 15) is 4.79 Å². The second-order valence-electron chi connectivity index (χ2n) is 3.64. The molecule has 0 saturated heterocycles. The van der Waals surface area contributed by atoms with Gasteiger partial charge in [0.25, 0.3) is 5.56 Å². The van der Waals surface area contributed by atoms with Crippen LogP contribution in [0.3, 0.4) is 0 Å². The lowest BCUT2D eigenvalue weighted by atomic mass is 10.1. The molecule has 4 heteroatoms. The number of nitrogens with zero attached hydrogens (tertiary/aromatic N) is 3. The van der Waals surface area contributed by atoms with Gasteiger partial charge in [-0.3, -0.25) is 9.36 Å². The van der Waals surface area contributed by atoms with Gasteiger partial charge < -0.3 is 0 Å². The molecule has 0 spiro atoms. The van der Waals surface area contributed by atoms with E-state index in [1.165, 1.54) is 10.6 Å². The van der Waals surface area contributed by atoms with Gasteiger partial charge >= 0.3 is 0 Å². The first-order valence-electron chi connectivity index (χ1n) is 5.23. The Kier molecular flexibility index (Phi) is 3.01. The van der Waals surface area contributed by atoms with Crippen molar-refractivity contribution in [2.24, 2.45) is 0 Å². The van der Waals surface area contributed by atoms with Gasteiger partial charge in [-0.25, -0.2) is 4.98 Å². The quantitative estimate of drug-likeness (QED) is 0.782. The number of aromatic nitrogens is 2. The third-order valence-corrected chi connectivity index (χ3v) is 2.50. The molecule has 2 aromatic rings. The van der Waals surface area contributed by atoms with Crippen LogP contribution in [0, 0.1) is 18.3 Å². The SMILES string of the molecule is Cc1nc(-c2ccccc2)cc(=O)n1CC#N. The summed E-state index contributed by atoms with van der Waals surface area (Å²) < 4.78 is 1.35. The summed E-state index contributed by atoms with van der Waals surface area (Å²) in [6, 6.07) is 12.9. The van der Waals surface area contributed by atoms with E-state index in [0.29, 0.717) is 11.5 Å². The van der Waals surface area contributed by atoms with Crippen molar-refractivity contribution < 1.29 is 0 Å². The number of hydrogen-bond acceptors (Lipinski definition) is 3. The summed E-state index contributed by atoms with van der Waals surface area (Å²) in [6.45, 7) is 1.76. The molecule has 84 valence electrons. The number of benzene rings is 1. The first-order valence-corrected chi connectivity index (χ1v) is 5.23. The molecule has 0 atom stereocenters. The van der Waals surface area contributed by atoms with Gasteiger partial charge in [0.2, 0.25) is 0 Å². The Bertz CT molecular complexity index is 623. The maximum atomic E-state index is 11.8. The minimum Gasteiger partial charge on any atom is -0.283 e. The van der Waals surface area contributed by atoms with Crippen molar-refractivity contribution in [2.75, 3.05) is 0 Å². The van der Waals surface area contributed by atoms with Gasteiger partial charge in [-0.15, -0.1) is 0 Å². The lowest BCUT2D eigenvalue weighted by Gasteiger charge is -2.07. The fourth-order valence-corrected chi connectivity index (χ4v) is 1.64. The van der Waals surface area contributed by atoms with Crippen molar-refractivity contribution in [2.45, 2.75) is 13.5 Å². The molecule has 2 rings (SSSR count). The summed E-state index contributed by atoms with van der Waals surface area (Å²) in [6.07, 6.45) is 0. The molecule has 1 aromatic heterocycles. The van der Waals surface area contributed by atoms with Crippen molar-refractivity contribution >= 4 is 0 Å². The fourth-order valence-electron chi connectivity index (χ4n) is 1.64. The van der Waals surface area contributed by atoms with E-state index in [4.69, 9.17) is 5.26 Å². The molecular formula is C13H11N3O. The predicted molar refractivity (Wildman–Crippen MR) is 64.3 cm³/mol. The molecule has 0 fully saturated rings. The highest BCUT2D eigenvalue weighted by atomic mass is 16.1. The van der Waals surface area contributed by atoms with Gasteiger partial charge in [-0.2, -0.15) is 5.26 Å². The number of rotatable bonds is 2. The van der Waals surface area contributed by atoms with Crippen LogP contribution in [0.25, 0.3) is 11.3 Å². The Morgan fingerprint density at radius 1 is 1.35 bits per heavy atom. The zero-order chi connectivity index (χ0) is 12.3. The molecule has 0 bridgehead atoms. The minimum atomic E-state index is -0.196. The van der Waals surface area contributed by atoms with Crippen LogP contribution >= 0.6 is 0 Å². The molecule has 4 nitrogen and oxygen atoms in total. The van der Waals surface area contributed by atoms with Gasteiger partial charge in [0.1, 0.15) is 12.4 Å². The van der Waals surface area contributed by atoms with E-state index in [-0.39, 0.29) is 12.1 Å². The third-order valence-electron chi connectivity index (χ3n) is 2.50. The van der Waals surface area contributed by atoms with E-state index in [1.54, 1.807) is 6.92 Å². The molecule has 0 aliphatic rings. The van der Waals surface area contributed by atoms with Gasteiger partial charge in [-0.05, 0) is 6.92 Å². The van der Waals surface area contributed by atoms with Crippen LogP contribution in [0.5, 0.6) is 0 Å². The largest absolute Gasteiger partial charge is 0.283 e. The zero-order valence-corrected chi connectivity index (χ0v) is 9.42. The Morgan fingerprint density at radius 2 is 2.06 bits per heavy atom. The van der Waals surface area contributed by atoms with Crippen molar-refractivity contribution in [1.82, 2.24) is 9.55 Å². The summed E-state index contributed by atoms with van der Waals surface area (Å²) >= 11 is 0. The van der Waals surface area contributed by atoms with Gasteiger partial charge in [-0.1, -0.05) is 30.3 Å². The summed E-state index contributed by atoms with van der Waals surface area (Å²) in [5.74, 6) is 0.554. The second kappa shape index (κ2) is 4.62. The van der Waals surface area contributed by atoms with E-state index >= 15 is 0 Å². The standard InChI is InChI=1S/C13H11N3O/c1-10-15-12(11-5-3-2-4-6-11)9-13(17)16(10)8-7-14/h2-6,9H,8H2,1H3. The lowest BCUT2D eigenvalue weighted by molar-refractivity contribution is 0.724. The van der Waals surface area contributed by atoms with Crippen LogP contribution in [-0.2, 0) is 6.54 Å².